The Hall–Kier alpha value is -2.43. The van der Waals surface area contributed by atoms with Gasteiger partial charge >= 0.3 is 6.09 Å². The van der Waals surface area contributed by atoms with Gasteiger partial charge in [0.1, 0.15) is 11.6 Å². The summed E-state index contributed by atoms with van der Waals surface area (Å²) in [7, 11) is 0. The van der Waals surface area contributed by atoms with Crippen molar-refractivity contribution in [2.24, 2.45) is 0 Å². The lowest BCUT2D eigenvalue weighted by Crippen LogP contribution is -2.53. The molecular formula is C23H28FIN4O3. The molecule has 7 nitrogen and oxygen atoms in total. The molecule has 0 unspecified atom stereocenters. The Morgan fingerprint density at radius 2 is 1.88 bits per heavy atom. The van der Waals surface area contributed by atoms with Gasteiger partial charge in [-0.15, -0.1) is 0 Å². The second-order valence-corrected chi connectivity index (χ2v) is 10.2. The van der Waals surface area contributed by atoms with Gasteiger partial charge < -0.3 is 20.6 Å². The molecule has 0 spiro atoms. The van der Waals surface area contributed by atoms with Crippen LogP contribution in [0.15, 0.2) is 36.5 Å². The number of hydrogen-bond acceptors (Lipinski definition) is 4. The van der Waals surface area contributed by atoms with Crippen molar-refractivity contribution in [2.75, 3.05) is 5.32 Å². The number of amides is 2. The average molecular weight is 554 g/mol. The van der Waals surface area contributed by atoms with Crippen molar-refractivity contribution >= 4 is 46.1 Å². The minimum atomic E-state index is -0.929. The number of anilines is 2. The molecule has 3 N–H and O–H groups in total. The van der Waals surface area contributed by atoms with Crippen LogP contribution in [-0.4, -0.2) is 44.6 Å². The van der Waals surface area contributed by atoms with Crippen LogP contribution < -0.4 is 10.6 Å². The van der Waals surface area contributed by atoms with Crippen LogP contribution in [-0.2, 0) is 0 Å². The van der Waals surface area contributed by atoms with Gasteiger partial charge in [0.25, 0.3) is 5.91 Å². The molecule has 0 aliphatic heterocycles. The van der Waals surface area contributed by atoms with E-state index in [0.717, 1.165) is 15.5 Å². The third kappa shape index (κ3) is 6.08. The van der Waals surface area contributed by atoms with E-state index < -0.39 is 23.4 Å². The maximum atomic E-state index is 13.9. The van der Waals surface area contributed by atoms with Crippen LogP contribution >= 0.6 is 22.6 Å². The summed E-state index contributed by atoms with van der Waals surface area (Å²) >= 11 is 2.19. The quantitative estimate of drug-likeness (QED) is 0.431. The van der Waals surface area contributed by atoms with Crippen molar-refractivity contribution in [1.29, 1.82) is 0 Å². The highest BCUT2D eigenvalue weighted by Gasteiger charge is 2.36. The fourth-order valence-electron chi connectivity index (χ4n) is 4.15. The molecule has 2 amide bonds. The van der Waals surface area contributed by atoms with Crippen molar-refractivity contribution in [3.63, 3.8) is 0 Å². The number of nitrogens with one attached hydrogen (secondary N) is 2. The van der Waals surface area contributed by atoms with Gasteiger partial charge in [-0.3, -0.25) is 4.79 Å². The van der Waals surface area contributed by atoms with E-state index in [9.17, 15) is 19.1 Å². The molecule has 1 saturated carbocycles. The highest BCUT2D eigenvalue weighted by Crippen LogP contribution is 2.29. The van der Waals surface area contributed by atoms with Crippen LogP contribution in [0.25, 0.3) is 0 Å². The normalized spacial score (nSPS) is 18.7. The predicted octanol–water partition coefficient (Wildman–Crippen LogP) is 5.39. The topological polar surface area (TPSA) is 94.6 Å². The zero-order valence-electron chi connectivity index (χ0n) is 18.4. The largest absolute Gasteiger partial charge is 0.465 e. The lowest BCUT2D eigenvalue weighted by Gasteiger charge is -2.42. The van der Waals surface area contributed by atoms with E-state index in [1.165, 1.54) is 11.0 Å². The number of nitrogens with zero attached hydrogens (tertiary/aromatic N) is 2. The second-order valence-electron chi connectivity index (χ2n) is 8.99. The smallest absolute Gasteiger partial charge is 0.407 e. The molecule has 0 atom stereocenters. The van der Waals surface area contributed by atoms with Crippen molar-refractivity contribution in [3.05, 3.63) is 51.5 Å². The Kier molecular flexibility index (Phi) is 7.58. The molecule has 0 saturated heterocycles. The minimum absolute atomic E-state index is 0.0886. The second kappa shape index (κ2) is 10.0. The number of carbonyl (C=O) groups excluding carboxylic acids is 1. The summed E-state index contributed by atoms with van der Waals surface area (Å²) < 4.78 is 14.9. The summed E-state index contributed by atoms with van der Waals surface area (Å²) in [6.07, 6.45) is 2.76. The molecule has 0 bridgehead atoms. The summed E-state index contributed by atoms with van der Waals surface area (Å²) in [6.45, 7) is 5.65. The first-order valence-electron chi connectivity index (χ1n) is 10.6. The van der Waals surface area contributed by atoms with Crippen molar-refractivity contribution in [1.82, 2.24) is 15.2 Å². The van der Waals surface area contributed by atoms with E-state index >= 15 is 0 Å². The van der Waals surface area contributed by atoms with Crippen molar-refractivity contribution < 1.29 is 19.1 Å². The van der Waals surface area contributed by atoms with Gasteiger partial charge in [0.05, 0.1) is 11.8 Å². The Bertz CT molecular complexity index is 987. The zero-order chi connectivity index (χ0) is 23.5. The first kappa shape index (κ1) is 24.2. The molecule has 32 heavy (non-hydrogen) atoms. The van der Waals surface area contributed by atoms with Gasteiger partial charge in [-0.2, -0.15) is 0 Å². The van der Waals surface area contributed by atoms with Crippen LogP contribution in [0.3, 0.4) is 0 Å². The molecule has 1 aliphatic carbocycles. The lowest BCUT2D eigenvalue weighted by molar-refractivity contribution is 0.0520. The predicted molar refractivity (Wildman–Crippen MR) is 130 cm³/mol. The van der Waals surface area contributed by atoms with Gasteiger partial charge in [-0.1, -0.05) is 6.07 Å². The number of aromatic nitrogens is 1. The van der Waals surface area contributed by atoms with Crippen LogP contribution in [0, 0.1) is 9.39 Å². The number of rotatable bonds is 5. The van der Waals surface area contributed by atoms with E-state index in [0.29, 0.717) is 25.7 Å². The lowest BCUT2D eigenvalue weighted by atomic mass is 9.88. The number of pyridine rings is 1. The summed E-state index contributed by atoms with van der Waals surface area (Å²) in [4.78, 5) is 30.3. The van der Waals surface area contributed by atoms with E-state index in [4.69, 9.17) is 0 Å². The first-order chi connectivity index (χ1) is 15.0. The third-order valence-electron chi connectivity index (χ3n) is 5.51. The van der Waals surface area contributed by atoms with Crippen LogP contribution in [0.5, 0.6) is 0 Å². The number of carboxylic acid groups (broad SMARTS) is 1. The fraction of sp³-hybridized carbons (Fsp3) is 0.435. The van der Waals surface area contributed by atoms with E-state index in [1.54, 1.807) is 0 Å². The Balaban J connectivity index is 1.68. The molecule has 1 aromatic heterocycles. The van der Waals surface area contributed by atoms with Gasteiger partial charge in [0, 0.05) is 26.9 Å². The molecule has 1 aromatic carbocycles. The fourth-order valence-corrected chi connectivity index (χ4v) is 4.69. The zero-order valence-corrected chi connectivity index (χ0v) is 20.5. The van der Waals surface area contributed by atoms with Crippen molar-refractivity contribution in [3.8, 4) is 0 Å². The summed E-state index contributed by atoms with van der Waals surface area (Å²) in [5, 5.41) is 15.7. The monoisotopic (exact) mass is 554 g/mol. The van der Waals surface area contributed by atoms with Crippen molar-refractivity contribution in [2.45, 2.75) is 64.1 Å². The highest BCUT2D eigenvalue weighted by molar-refractivity contribution is 14.1. The van der Waals surface area contributed by atoms with E-state index in [-0.39, 0.29) is 23.5 Å². The molecule has 0 radical (unpaired) electrons. The van der Waals surface area contributed by atoms with Gasteiger partial charge in [-0.05, 0) is 93.3 Å². The standard InChI is InChI=1S/C23H28FIN4O3/c1-23(2,3)29(22(31)32)18-9-7-16(8-10-18)28-21(30)19-11-14(24)13-26-20(19)27-17-6-4-5-15(25)12-17/h4-6,11-13,16,18H,7-10H2,1-3H3,(H,26,27)(H,28,30)(H,31,32). The van der Waals surface area contributed by atoms with Gasteiger partial charge in [0.2, 0.25) is 0 Å². The number of benzene rings is 1. The Morgan fingerprint density at radius 3 is 2.47 bits per heavy atom. The number of halogens is 2. The highest BCUT2D eigenvalue weighted by atomic mass is 127. The van der Waals surface area contributed by atoms with Gasteiger partial charge in [-0.25, -0.2) is 14.2 Å². The minimum Gasteiger partial charge on any atom is -0.465 e. The Morgan fingerprint density at radius 1 is 1.19 bits per heavy atom. The molecule has 9 heteroatoms. The molecule has 1 heterocycles. The molecule has 1 fully saturated rings. The number of carbonyl (C=O) groups is 2. The van der Waals surface area contributed by atoms with Crippen LogP contribution in [0.2, 0.25) is 0 Å². The van der Waals surface area contributed by atoms with E-state index in [2.05, 4.69) is 38.2 Å². The summed E-state index contributed by atoms with van der Waals surface area (Å²) in [5.74, 6) is -0.710. The summed E-state index contributed by atoms with van der Waals surface area (Å²) in [5.41, 5.74) is 0.393. The van der Waals surface area contributed by atoms with Crippen LogP contribution in [0.1, 0.15) is 56.8 Å². The molecule has 172 valence electrons. The number of hydrogen-bond donors (Lipinski definition) is 3. The molecule has 2 aromatic rings. The van der Waals surface area contributed by atoms with Crippen LogP contribution in [0.4, 0.5) is 20.7 Å². The Labute approximate surface area is 200 Å². The SMILES string of the molecule is CC(C)(C)N(C(=O)O)C1CCC(NC(=O)c2cc(F)cnc2Nc2cccc(I)c2)CC1. The van der Waals surface area contributed by atoms with E-state index in [1.807, 2.05) is 45.0 Å². The molecule has 3 rings (SSSR count). The molecule has 1 aliphatic rings. The maximum absolute atomic E-state index is 13.9. The maximum Gasteiger partial charge on any atom is 0.407 e. The van der Waals surface area contributed by atoms with Gasteiger partial charge in [0.15, 0.2) is 0 Å². The average Bonchev–Trinajstić information content (AvgIpc) is 2.69. The third-order valence-corrected chi connectivity index (χ3v) is 6.18. The molecular weight excluding hydrogens is 526 g/mol. The summed E-state index contributed by atoms with van der Waals surface area (Å²) in [6, 6.07) is 8.55. The first-order valence-corrected chi connectivity index (χ1v) is 11.6.